The first-order valence-electron chi connectivity index (χ1n) is 6.95. The van der Waals surface area contributed by atoms with Crippen LogP contribution >= 0.6 is 11.6 Å². The smallest absolute Gasteiger partial charge is 0.255 e. The molecule has 1 amide bonds. The zero-order valence-corrected chi connectivity index (χ0v) is 13.4. The highest BCUT2D eigenvalue weighted by atomic mass is 35.5. The van der Waals surface area contributed by atoms with Gasteiger partial charge in [-0.3, -0.25) is 4.79 Å². The number of nitrogens with one attached hydrogen (secondary N) is 1. The van der Waals surface area contributed by atoms with Crippen LogP contribution in [0.25, 0.3) is 11.4 Å². The molecule has 23 heavy (non-hydrogen) atoms. The standard InChI is InChI=1S/C16H14ClN5O/c1-10-8-13(17)6-7-14(10)18-16(23)12-5-3-4-11(9-12)15-19-20-21-22(15)2/h3-9H,1-2H3,(H,18,23). The Balaban J connectivity index is 1.87. The Kier molecular flexibility index (Phi) is 4.08. The van der Waals surface area contributed by atoms with Gasteiger partial charge in [-0.25, -0.2) is 4.68 Å². The minimum atomic E-state index is -0.201. The molecule has 7 heteroatoms. The van der Waals surface area contributed by atoms with Gasteiger partial charge in [-0.1, -0.05) is 23.7 Å². The molecule has 0 aliphatic carbocycles. The third-order valence-corrected chi connectivity index (χ3v) is 3.67. The number of amides is 1. The molecule has 0 aliphatic heterocycles. The SMILES string of the molecule is Cc1cc(Cl)ccc1NC(=O)c1cccc(-c2nnnn2C)c1. The first-order valence-corrected chi connectivity index (χ1v) is 7.32. The largest absolute Gasteiger partial charge is 0.322 e. The second-order valence-corrected chi connectivity index (χ2v) is 5.56. The minimum Gasteiger partial charge on any atom is -0.322 e. The highest BCUT2D eigenvalue weighted by Gasteiger charge is 2.11. The molecule has 0 spiro atoms. The fourth-order valence-corrected chi connectivity index (χ4v) is 2.46. The van der Waals surface area contributed by atoms with Gasteiger partial charge in [0.25, 0.3) is 5.91 Å². The van der Waals surface area contributed by atoms with Crippen LogP contribution in [-0.2, 0) is 7.05 Å². The Morgan fingerprint density at radius 2 is 2.04 bits per heavy atom. The second kappa shape index (κ2) is 6.18. The van der Waals surface area contributed by atoms with E-state index in [0.717, 1.165) is 16.8 Å². The third kappa shape index (κ3) is 3.22. The number of benzene rings is 2. The maximum Gasteiger partial charge on any atom is 0.255 e. The Bertz CT molecular complexity index is 874. The number of aromatic nitrogens is 4. The molecule has 2 aromatic carbocycles. The van der Waals surface area contributed by atoms with E-state index in [1.807, 2.05) is 13.0 Å². The van der Waals surface area contributed by atoms with Crippen LogP contribution in [-0.4, -0.2) is 26.1 Å². The van der Waals surface area contributed by atoms with E-state index in [0.29, 0.717) is 16.4 Å². The van der Waals surface area contributed by atoms with Crippen LogP contribution in [0.5, 0.6) is 0 Å². The number of halogens is 1. The van der Waals surface area contributed by atoms with Crippen LogP contribution in [0.15, 0.2) is 42.5 Å². The van der Waals surface area contributed by atoms with Gasteiger partial charge in [0.2, 0.25) is 0 Å². The normalized spacial score (nSPS) is 10.6. The molecule has 116 valence electrons. The number of hydrogen-bond acceptors (Lipinski definition) is 4. The van der Waals surface area contributed by atoms with Crippen molar-refractivity contribution >= 4 is 23.2 Å². The molecule has 1 heterocycles. The molecule has 0 unspecified atom stereocenters. The predicted molar refractivity (Wildman–Crippen MR) is 88.4 cm³/mol. The highest BCUT2D eigenvalue weighted by molar-refractivity contribution is 6.30. The van der Waals surface area contributed by atoms with E-state index >= 15 is 0 Å². The van der Waals surface area contributed by atoms with Crippen molar-refractivity contribution in [3.8, 4) is 11.4 Å². The Hall–Kier alpha value is -2.73. The average molecular weight is 328 g/mol. The molecule has 0 saturated heterocycles. The van der Waals surface area contributed by atoms with Crippen LogP contribution in [0.4, 0.5) is 5.69 Å². The van der Waals surface area contributed by atoms with Crippen molar-refractivity contribution in [2.45, 2.75) is 6.92 Å². The highest BCUT2D eigenvalue weighted by Crippen LogP contribution is 2.21. The number of carbonyl (C=O) groups is 1. The molecule has 3 rings (SSSR count). The van der Waals surface area contributed by atoms with E-state index in [9.17, 15) is 4.79 Å². The Labute approximate surface area is 138 Å². The van der Waals surface area contributed by atoms with Gasteiger partial charge in [0.15, 0.2) is 5.82 Å². The van der Waals surface area contributed by atoms with E-state index in [2.05, 4.69) is 20.8 Å². The fraction of sp³-hybridized carbons (Fsp3) is 0.125. The lowest BCUT2D eigenvalue weighted by molar-refractivity contribution is 0.102. The summed E-state index contributed by atoms with van der Waals surface area (Å²) in [6.45, 7) is 1.89. The average Bonchev–Trinajstić information content (AvgIpc) is 2.96. The number of anilines is 1. The van der Waals surface area contributed by atoms with Crippen LogP contribution in [0, 0.1) is 6.92 Å². The molecule has 1 N–H and O–H groups in total. The van der Waals surface area contributed by atoms with Crippen molar-refractivity contribution in [2.24, 2.45) is 7.05 Å². The summed E-state index contributed by atoms with van der Waals surface area (Å²) in [5.74, 6) is 0.398. The summed E-state index contributed by atoms with van der Waals surface area (Å²) < 4.78 is 1.56. The summed E-state index contributed by atoms with van der Waals surface area (Å²) in [5.41, 5.74) is 2.93. The van der Waals surface area contributed by atoms with E-state index < -0.39 is 0 Å². The third-order valence-electron chi connectivity index (χ3n) is 3.44. The van der Waals surface area contributed by atoms with Gasteiger partial charge < -0.3 is 5.32 Å². The topological polar surface area (TPSA) is 72.7 Å². The summed E-state index contributed by atoms with van der Waals surface area (Å²) in [4.78, 5) is 12.5. The van der Waals surface area contributed by atoms with E-state index in [-0.39, 0.29) is 5.91 Å². The van der Waals surface area contributed by atoms with Crippen LogP contribution < -0.4 is 5.32 Å². The van der Waals surface area contributed by atoms with E-state index in [4.69, 9.17) is 11.6 Å². The lowest BCUT2D eigenvalue weighted by Crippen LogP contribution is -2.13. The fourth-order valence-electron chi connectivity index (χ4n) is 2.24. The molecule has 0 fully saturated rings. The first kappa shape index (κ1) is 15.2. The van der Waals surface area contributed by atoms with Gasteiger partial charge in [0.1, 0.15) is 0 Å². The monoisotopic (exact) mass is 327 g/mol. The Morgan fingerprint density at radius 3 is 2.74 bits per heavy atom. The van der Waals surface area contributed by atoms with Gasteiger partial charge in [-0.05, 0) is 53.2 Å². The van der Waals surface area contributed by atoms with Crippen molar-refractivity contribution < 1.29 is 4.79 Å². The predicted octanol–water partition coefficient (Wildman–Crippen LogP) is 3.09. The van der Waals surface area contributed by atoms with Gasteiger partial charge in [-0.15, -0.1) is 5.10 Å². The lowest BCUT2D eigenvalue weighted by Gasteiger charge is -2.09. The number of carbonyl (C=O) groups excluding carboxylic acids is 1. The number of tetrazole rings is 1. The number of rotatable bonds is 3. The summed E-state index contributed by atoms with van der Waals surface area (Å²) in [5, 5.41) is 14.9. The van der Waals surface area contributed by atoms with Crippen molar-refractivity contribution in [2.75, 3.05) is 5.32 Å². The Morgan fingerprint density at radius 1 is 1.22 bits per heavy atom. The summed E-state index contributed by atoms with van der Waals surface area (Å²) in [6.07, 6.45) is 0. The van der Waals surface area contributed by atoms with Gasteiger partial charge in [-0.2, -0.15) is 0 Å². The molecule has 0 radical (unpaired) electrons. The van der Waals surface area contributed by atoms with E-state index in [1.54, 1.807) is 48.1 Å². The first-order chi connectivity index (χ1) is 11.0. The van der Waals surface area contributed by atoms with Crippen molar-refractivity contribution in [3.63, 3.8) is 0 Å². The van der Waals surface area contributed by atoms with E-state index in [1.165, 1.54) is 0 Å². The summed E-state index contributed by atoms with van der Waals surface area (Å²) in [6, 6.07) is 12.5. The van der Waals surface area contributed by atoms with Gasteiger partial charge in [0.05, 0.1) is 0 Å². The van der Waals surface area contributed by atoms with Crippen LogP contribution in [0.2, 0.25) is 5.02 Å². The molecular formula is C16H14ClN5O. The summed E-state index contributed by atoms with van der Waals surface area (Å²) >= 11 is 5.93. The minimum absolute atomic E-state index is 0.201. The van der Waals surface area contributed by atoms with Gasteiger partial charge >= 0.3 is 0 Å². The molecule has 0 saturated carbocycles. The molecular weight excluding hydrogens is 314 g/mol. The summed E-state index contributed by atoms with van der Waals surface area (Å²) in [7, 11) is 1.75. The molecule has 0 bridgehead atoms. The lowest BCUT2D eigenvalue weighted by atomic mass is 10.1. The second-order valence-electron chi connectivity index (χ2n) is 5.12. The maximum atomic E-state index is 12.5. The van der Waals surface area contributed by atoms with Gasteiger partial charge in [0, 0.05) is 28.9 Å². The van der Waals surface area contributed by atoms with Crippen LogP contribution in [0.3, 0.4) is 0 Å². The molecule has 1 aromatic heterocycles. The molecule has 0 aliphatic rings. The van der Waals surface area contributed by atoms with Crippen molar-refractivity contribution in [1.29, 1.82) is 0 Å². The number of hydrogen-bond donors (Lipinski definition) is 1. The number of nitrogens with zero attached hydrogens (tertiary/aromatic N) is 4. The van der Waals surface area contributed by atoms with Crippen molar-refractivity contribution in [3.05, 3.63) is 58.6 Å². The molecule has 0 atom stereocenters. The molecule has 6 nitrogen and oxygen atoms in total. The zero-order chi connectivity index (χ0) is 16.4. The van der Waals surface area contributed by atoms with Crippen LogP contribution in [0.1, 0.15) is 15.9 Å². The number of aryl methyl sites for hydroxylation is 2. The zero-order valence-electron chi connectivity index (χ0n) is 12.6. The molecule has 3 aromatic rings. The quantitative estimate of drug-likeness (QED) is 0.802. The maximum absolute atomic E-state index is 12.5. The van der Waals surface area contributed by atoms with Crippen molar-refractivity contribution in [1.82, 2.24) is 20.2 Å².